The van der Waals surface area contributed by atoms with Crippen molar-refractivity contribution in [2.24, 2.45) is 0 Å². The van der Waals surface area contributed by atoms with Gasteiger partial charge in [-0.05, 0) is 59.5 Å². The number of hydrogen-bond acceptors (Lipinski definition) is 5. The van der Waals surface area contributed by atoms with Crippen molar-refractivity contribution in [1.82, 2.24) is 10.2 Å². The molecule has 0 aromatic heterocycles. The van der Waals surface area contributed by atoms with Gasteiger partial charge in [0.25, 0.3) is 0 Å². The summed E-state index contributed by atoms with van der Waals surface area (Å²) in [5.74, 6) is -0.140. The van der Waals surface area contributed by atoms with Gasteiger partial charge in [0, 0.05) is 19.2 Å². The number of methoxy groups -OCH3 is 1. The van der Waals surface area contributed by atoms with E-state index in [2.05, 4.69) is 17.3 Å². The van der Waals surface area contributed by atoms with Crippen molar-refractivity contribution < 1.29 is 14.3 Å². The number of rotatable bonds is 12. The Labute approximate surface area is 129 Å². The molecule has 0 radical (unpaired) electrons. The molecule has 5 heteroatoms. The zero-order valence-electron chi connectivity index (χ0n) is 14.1. The summed E-state index contributed by atoms with van der Waals surface area (Å²) in [4.78, 5) is 14.3. The summed E-state index contributed by atoms with van der Waals surface area (Å²) in [5.41, 5.74) is -0.528. The first-order valence-electron chi connectivity index (χ1n) is 8.14. The molecule has 0 aromatic carbocycles. The van der Waals surface area contributed by atoms with Crippen molar-refractivity contribution >= 4 is 5.97 Å². The summed E-state index contributed by atoms with van der Waals surface area (Å²) in [6, 6.07) is 0.503. The van der Waals surface area contributed by atoms with Crippen LogP contribution in [0, 0.1) is 0 Å². The van der Waals surface area contributed by atoms with Gasteiger partial charge in [-0.3, -0.25) is 10.1 Å². The molecule has 0 aliphatic heterocycles. The van der Waals surface area contributed by atoms with Crippen LogP contribution in [0.4, 0.5) is 0 Å². The smallest absolute Gasteiger partial charge is 0.325 e. The van der Waals surface area contributed by atoms with Gasteiger partial charge >= 0.3 is 5.97 Å². The third kappa shape index (κ3) is 7.25. The first kappa shape index (κ1) is 18.4. The number of nitrogens with one attached hydrogen (secondary N) is 1. The van der Waals surface area contributed by atoms with Crippen molar-refractivity contribution in [3.63, 3.8) is 0 Å². The van der Waals surface area contributed by atoms with E-state index >= 15 is 0 Å². The molecule has 1 aliphatic rings. The van der Waals surface area contributed by atoms with Crippen LogP contribution in [0.5, 0.6) is 0 Å². The Kier molecular flexibility index (Phi) is 8.22. The molecule has 0 aromatic rings. The van der Waals surface area contributed by atoms with E-state index in [-0.39, 0.29) is 5.97 Å². The molecule has 1 N–H and O–H groups in total. The van der Waals surface area contributed by atoms with Gasteiger partial charge in [0.15, 0.2) is 0 Å². The van der Waals surface area contributed by atoms with Gasteiger partial charge in [-0.25, -0.2) is 0 Å². The molecule has 1 atom stereocenters. The molecule has 1 aliphatic carbocycles. The Morgan fingerprint density at radius 1 is 1.33 bits per heavy atom. The van der Waals surface area contributed by atoms with Crippen LogP contribution >= 0.6 is 0 Å². The topological polar surface area (TPSA) is 50.8 Å². The second-order valence-electron chi connectivity index (χ2n) is 6.20. The molecule has 5 nitrogen and oxygen atoms in total. The third-order valence-corrected chi connectivity index (χ3v) is 4.02. The van der Waals surface area contributed by atoms with E-state index in [0.717, 1.165) is 45.6 Å². The first-order chi connectivity index (χ1) is 10.0. The highest BCUT2D eigenvalue weighted by molar-refractivity contribution is 5.80. The maximum Gasteiger partial charge on any atom is 0.325 e. The second-order valence-corrected chi connectivity index (χ2v) is 6.20. The molecule has 0 spiro atoms. The van der Waals surface area contributed by atoms with Gasteiger partial charge in [0.05, 0.1) is 13.7 Å². The van der Waals surface area contributed by atoms with Crippen LogP contribution in [-0.4, -0.2) is 62.9 Å². The lowest BCUT2D eigenvalue weighted by atomic mass is 9.94. The Morgan fingerprint density at radius 3 is 2.62 bits per heavy atom. The zero-order chi connectivity index (χ0) is 15.7. The summed E-state index contributed by atoms with van der Waals surface area (Å²) in [7, 11) is 3.58. The Hall–Kier alpha value is -0.650. The van der Waals surface area contributed by atoms with E-state index in [4.69, 9.17) is 9.47 Å². The average Bonchev–Trinajstić information content (AvgIpc) is 3.26. The van der Waals surface area contributed by atoms with Gasteiger partial charge in [0.2, 0.25) is 0 Å². The standard InChI is InChI=1S/C16H32N2O3/c1-5-21-13-12-18(3)11-7-6-10-16(2,15(19)20-4)17-14-8-9-14/h14,17H,5-13H2,1-4H3. The number of unbranched alkanes of at least 4 members (excludes halogenated alkanes) is 1. The molecule has 0 bridgehead atoms. The lowest BCUT2D eigenvalue weighted by Gasteiger charge is -2.28. The lowest BCUT2D eigenvalue weighted by molar-refractivity contribution is -0.148. The number of ether oxygens (including phenoxy) is 2. The van der Waals surface area contributed by atoms with Crippen LogP contribution in [0.3, 0.4) is 0 Å². The summed E-state index contributed by atoms with van der Waals surface area (Å²) < 4.78 is 10.3. The Morgan fingerprint density at radius 2 is 2.05 bits per heavy atom. The summed E-state index contributed by atoms with van der Waals surface area (Å²) >= 11 is 0. The van der Waals surface area contributed by atoms with Gasteiger partial charge < -0.3 is 14.4 Å². The number of likely N-dealkylation sites (N-methyl/N-ethyl adjacent to an activating group) is 1. The van der Waals surface area contributed by atoms with Crippen LogP contribution in [0.25, 0.3) is 0 Å². The molecular weight excluding hydrogens is 268 g/mol. The predicted molar refractivity (Wildman–Crippen MR) is 84.4 cm³/mol. The summed E-state index contributed by atoms with van der Waals surface area (Å²) in [6.45, 7) is 7.54. The van der Waals surface area contributed by atoms with Crippen molar-refractivity contribution in [2.75, 3.05) is 40.5 Å². The van der Waals surface area contributed by atoms with Crippen LogP contribution in [0.15, 0.2) is 0 Å². The van der Waals surface area contributed by atoms with Crippen molar-refractivity contribution in [1.29, 1.82) is 0 Å². The number of carbonyl (C=O) groups is 1. The fourth-order valence-corrected chi connectivity index (χ4v) is 2.47. The second kappa shape index (κ2) is 9.38. The molecule has 1 saturated carbocycles. The summed E-state index contributed by atoms with van der Waals surface area (Å²) in [6.07, 6.45) is 5.28. The summed E-state index contributed by atoms with van der Waals surface area (Å²) in [5, 5.41) is 3.44. The van der Waals surface area contributed by atoms with Crippen LogP contribution in [0.1, 0.15) is 46.0 Å². The van der Waals surface area contributed by atoms with Gasteiger partial charge in [-0.2, -0.15) is 0 Å². The van der Waals surface area contributed by atoms with Crippen LogP contribution in [0.2, 0.25) is 0 Å². The van der Waals surface area contributed by atoms with E-state index in [9.17, 15) is 4.79 Å². The fraction of sp³-hybridized carbons (Fsp3) is 0.938. The van der Waals surface area contributed by atoms with Gasteiger partial charge in [-0.15, -0.1) is 0 Å². The minimum atomic E-state index is -0.528. The Bertz CT molecular complexity index is 308. The monoisotopic (exact) mass is 300 g/mol. The fourth-order valence-electron chi connectivity index (χ4n) is 2.47. The molecule has 1 unspecified atom stereocenters. The van der Waals surface area contributed by atoms with Gasteiger partial charge in [-0.1, -0.05) is 0 Å². The van der Waals surface area contributed by atoms with E-state index in [1.807, 2.05) is 13.8 Å². The number of esters is 1. The third-order valence-electron chi connectivity index (χ3n) is 4.02. The highest BCUT2D eigenvalue weighted by Crippen LogP contribution is 2.26. The Balaban J connectivity index is 2.22. The first-order valence-corrected chi connectivity index (χ1v) is 8.14. The van der Waals surface area contributed by atoms with E-state index < -0.39 is 5.54 Å². The molecule has 0 amide bonds. The quantitative estimate of drug-likeness (QED) is 0.440. The van der Waals surface area contributed by atoms with Crippen molar-refractivity contribution in [3.8, 4) is 0 Å². The predicted octanol–water partition coefficient (Wildman–Crippen LogP) is 1.81. The molecular formula is C16H32N2O3. The SMILES string of the molecule is CCOCCN(C)CCCCC(C)(NC1CC1)C(=O)OC. The average molecular weight is 300 g/mol. The van der Waals surface area contributed by atoms with E-state index in [0.29, 0.717) is 6.04 Å². The maximum atomic E-state index is 12.0. The molecule has 0 heterocycles. The molecule has 21 heavy (non-hydrogen) atoms. The number of carbonyl (C=O) groups excluding carboxylic acids is 1. The van der Waals surface area contributed by atoms with Crippen molar-refractivity contribution in [2.45, 2.75) is 57.5 Å². The normalized spacial score (nSPS) is 17.8. The minimum absolute atomic E-state index is 0.140. The molecule has 0 saturated heterocycles. The lowest BCUT2D eigenvalue weighted by Crippen LogP contribution is -2.51. The van der Waals surface area contributed by atoms with Gasteiger partial charge in [0.1, 0.15) is 5.54 Å². The van der Waals surface area contributed by atoms with E-state index in [1.54, 1.807) is 0 Å². The maximum absolute atomic E-state index is 12.0. The highest BCUT2D eigenvalue weighted by Gasteiger charge is 2.38. The number of hydrogen-bond donors (Lipinski definition) is 1. The number of nitrogens with zero attached hydrogens (tertiary/aromatic N) is 1. The highest BCUT2D eigenvalue weighted by atomic mass is 16.5. The molecule has 1 rings (SSSR count). The minimum Gasteiger partial charge on any atom is -0.468 e. The largest absolute Gasteiger partial charge is 0.468 e. The zero-order valence-corrected chi connectivity index (χ0v) is 14.1. The molecule has 124 valence electrons. The molecule has 1 fully saturated rings. The van der Waals surface area contributed by atoms with Crippen LogP contribution in [-0.2, 0) is 14.3 Å². The van der Waals surface area contributed by atoms with Crippen LogP contribution < -0.4 is 5.32 Å². The van der Waals surface area contributed by atoms with E-state index in [1.165, 1.54) is 20.0 Å². The van der Waals surface area contributed by atoms with Crippen molar-refractivity contribution in [3.05, 3.63) is 0 Å².